The van der Waals surface area contributed by atoms with Gasteiger partial charge in [-0.25, -0.2) is 9.78 Å². The number of aromatic nitrogens is 2. The summed E-state index contributed by atoms with van der Waals surface area (Å²) >= 11 is 1.20. The van der Waals surface area contributed by atoms with Gasteiger partial charge in [0, 0.05) is 11.0 Å². The SMILES string of the molecule is N#C/C(=C(\O)COC(=O)c1ccc(Sc2ccccc2)c([N+](=O)[O-])c1)c1nc2ccccc2[nH]1. The maximum atomic E-state index is 12.5. The van der Waals surface area contributed by atoms with E-state index in [1.165, 1.54) is 23.9 Å². The smallest absolute Gasteiger partial charge is 0.338 e. The van der Waals surface area contributed by atoms with Crippen LogP contribution in [0.15, 0.2) is 88.3 Å². The lowest BCUT2D eigenvalue weighted by molar-refractivity contribution is -0.387. The number of imidazole rings is 1. The number of benzene rings is 3. The van der Waals surface area contributed by atoms with Crippen molar-refractivity contribution in [2.45, 2.75) is 9.79 Å². The number of ether oxygens (including phenoxy) is 1. The molecule has 9 nitrogen and oxygen atoms in total. The number of nitro groups is 1. The molecule has 1 heterocycles. The third-order valence-corrected chi connectivity index (χ3v) is 5.80. The molecule has 34 heavy (non-hydrogen) atoms. The second-order valence-electron chi connectivity index (χ2n) is 6.97. The van der Waals surface area contributed by atoms with Crippen LogP contribution < -0.4 is 0 Å². The van der Waals surface area contributed by atoms with Crippen molar-refractivity contribution in [3.63, 3.8) is 0 Å². The van der Waals surface area contributed by atoms with Crippen LogP contribution in [0, 0.1) is 21.4 Å². The number of fused-ring (bicyclic) bond motifs is 1. The molecule has 0 unspecified atom stereocenters. The molecule has 3 aromatic carbocycles. The fraction of sp³-hybridized carbons (Fsp3) is 0.0417. The molecule has 0 saturated heterocycles. The number of esters is 1. The van der Waals surface area contributed by atoms with Gasteiger partial charge in [-0.15, -0.1) is 0 Å². The number of aromatic amines is 1. The Morgan fingerprint density at radius 1 is 1.15 bits per heavy atom. The molecule has 2 N–H and O–H groups in total. The van der Waals surface area contributed by atoms with Crippen molar-refractivity contribution in [3.8, 4) is 6.07 Å². The number of hydrogen-bond acceptors (Lipinski definition) is 8. The number of rotatable bonds is 7. The number of para-hydroxylation sites is 2. The summed E-state index contributed by atoms with van der Waals surface area (Å²) in [6.07, 6.45) is 0. The number of nitriles is 1. The average Bonchev–Trinajstić information content (AvgIpc) is 3.27. The van der Waals surface area contributed by atoms with Crippen LogP contribution in [0.4, 0.5) is 5.69 Å². The van der Waals surface area contributed by atoms with Crippen LogP contribution in [-0.2, 0) is 4.74 Å². The van der Waals surface area contributed by atoms with E-state index in [9.17, 15) is 25.3 Å². The lowest BCUT2D eigenvalue weighted by Crippen LogP contribution is -2.10. The Morgan fingerprint density at radius 2 is 1.88 bits per heavy atom. The van der Waals surface area contributed by atoms with Crippen molar-refractivity contribution in [2.75, 3.05) is 6.61 Å². The first kappa shape index (κ1) is 22.6. The molecule has 0 bridgehead atoms. The molecule has 0 aliphatic carbocycles. The summed E-state index contributed by atoms with van der Waals surface area (Å²) in [6.45, 7) is -0.604. The van der Waals surface area contributed by atoms with Crippen LogP contribution in [0.2, 0.25) is 0 Å². The van der Waals surface area contributed by atoms with E-state index in [0.29, 0.717) is 15.9 Å². The number of allylic oxidation sites excluding steroid dienone is 1. The maximum Gasteiger partial charge on any atom is 0.338 e. The summed E-state index contributed by atoms with van der Waals surface area (Å²) in [5.41, 5.74) is 0.804. The standard InChI is InChI=1S/C24H16N4O5S/c25-13-17(23-26-18-8-4-5-9-19(18)27-23)21(29)14-33-24(30)15-10-11-22(20(12-15)28(31)32)34-16-6-2-1-3-7-16/h1-12,29H,14H2,(H,26,27)/b21-17+. The van der Waals surface area contributed by atoms with Crippen LogP contribution >= 0.6 is 11.8 Å². The molecular formula is C24H16N4O5S. The van der Waals surface area contributed by atoms with Crippen molar-refractivity contribution < 1.29 is 19.6 Å². The number of aliphatic hydroxyl groups excluding tert-OH is 1. The van der Waals surface area contributed by atoms with Crippen LogP contribution in [0.5, 0.6) is 0 Å². The Kier molecular flexibility index (Phi) is 6.57. The Bertz CT molecular complexity index is 1420. The molecule has 4 rings (SSSR count). The summed E-state index contributed by atoms with van der Waals surface area (Å²) in [5, 5.41) is 31.4. The molecule has 10 heteroatoms. The van der Waals surface area contributed by atoms with Crippen LogP contribution in [0.3, 0.4) is 0 Å². The van der Waals surface area contributed by atoms with Gasteiger partial charge in [-0.3, -0.25) is 10.1 Å². The normalized spacial score (nSPS) is 11.5. The topological polar surface area (TPSA) is 142 Å². The highest BCUT2D eigenvalue weighted by molar-refractivity contribution is 7.99. The molecule has 0 spiro atoms. The summed E-state index contributed by atoms with van der Waals surface area (Å²) < 4.78 is 5.09. The first-order chi connectivity index (χ1) is 16.5. The van der Waals surface area contributed by atoms with Gasteiger partial charge in [0.2, 0.25) is 0 Å². The summed E-state index contributed by atoms with van der Waals surface area (Å²) in [6, 6.07) is 22.1. The highest BCUT2D eigenvalue weighted by Crippen LogP contribution is 2.35. The van der Waals surface area contributed by atoms with E-state index in [2.05, 4.69) is 9.97 Å². The van der Waals surface area contributed by atoms with Crippen LogP contribution in [0.1, 0.15) is 16.2 Å². The lowest BCUT2D eigenvalue weighted by atomic mass is 10.2. The number of H-pyrrole nitrogens is 1. The molecule has 1 aromatic heterocycles. The minimum Gasteiger partial charge on any atom is -0.507 e. The summed E-state index contributed by atoms with van der Waals surface area (Å²) in [7, 11) is 0. The van der Waals surface area contributed by atoms with E-state index in [1.807, 2.05) is 36.4 Å². The fourth-order valence-electron chi connectivity index (χ4n) is 3.10. The van der Waals surface area contributed by atoms with E-state index in [0.717, 1.165) is 11.0 Å². The second-order valence-corrected chi connectivity index (χ2v) is 8.08. The van der Waals surface area contributed by atoms with E-state index in [1.54, 1.807) is 24.3 Å². The predicted molar refractivity (Wildman–Crippen MR) is 125 cm³/mol. The minimum atomic E-state index is -0.882. The zero-order valence-electron chi connectivity index (χ0n) is 17.5. The quantitative estimate of drug-likeness (QED) is 0.122. The van der Waals surface area contributed by atoms with Crippen molar-refractivity contribution >= 4 is 40.0 Å². The zero-order valence-corrected chi connectivity index (χ0v) is 18.3. The molecule has 0 fully saturated rings. The molecule has 0 aliphatic heterocycles. The van der Waals surface area contributed by atoms with Gasteiger partial charge in [0.1, 0.15) is 18.2 Å². The molecule has 0 saturated carbocycles. The molecule has 4 aromatic rings. The minimum absolute atomic E-state index is 0.0563. The maximum absolute atomic E-state index is 12.5. The van der Waals surface area contributed by atoms with Crippen molar-refractivity contribution in [1.82, 2.24) is 9.97 Å². The Morgan fingerprint density at radius 3 is 2.59 bits per heavy atom. The van der Waals surface area contributed by atoms with E-state index >= 15 is 0 Å². The molecule has 0 amide bonds. The van der Waals surface area contributed by atoms with Gasteiger partial charge >= 0.3 is 5.97 Å². The van der Waals surface area contributed by atoms with Crippen LogP contribution in [0.25, 0.3) is 16.6 Å². The van der Waals surface area contributed by atoms with Gasteiger partial charge in [0.15, 0.2) is 11.6 Å². The molecule has 0 atom stereocenters. The average molecular weight is 472 g/mol. The highest BCUT2D eigenvalue weighted by Gasteiger charge is 2.20. The van der Waals surface area contributed by atoms with E-state index in [4.69, 9.17) is 4.74 Å². The number of nitro benzene ring substituents is 1. The first-order valence-electron chi connectivity index (χ1n) is 9.92. The highest BCUT2D eigenvalue weighted by atomic mass is 32.2. The second kappa shape index (κ2) is 9.89. The van der Waals surface area contributed by atoms with Crippen LogP contribution in [-0.4, -0.2) is 32.6 Å². The summed E-state index contributed by atoms with van der Waals surface area (Å²) in [4.78, 5) is 31.8. The molecule has 0 radical (unpaired) electrons. The Hall–Kier alpha value is -4.62. The number of carbonyl (C=O) groups is 1. The van der Waals surface area contributed by atoms with E-state index < -0.39 is 23.3 Å². The number of nitrogens with zero attached hydrogens (tertiary/aromatic N) is 3. The Labute approximate surface area is 197 Å². The van der Waals surface area contributed by atoms with Gasteiger partial charge in [0.05, 0.1) is 26.4 Å². The third-order valence-electron chi connectivity index (χ3n) is 4.73. The van der Waals surface area contributed by atoms with Gasteiger partial charge in [-0.1, -0.05) is 42.1 Å². The van der Waals surface area contributed by atoms with E-state index in [-0.39, 0.29) is 22.6 Å². The Balaban J connectivity index is 1.52. The summed E-state index contributed by atoms with van der Waals surface area (Å²) in [5.74, 6) is -1.25. The number of aliphatic hydroxyl groups is 1. The zero-order chi connectivity index (χ0) is 24.1. The number of carbonyl (C=O) groups excluding carboxylic acids is 1. The number of nitrogens with one attached hydrogen (secondary N) is 1. The van der Waals surface area contributed by atoms with Crippen molar-refractivity contribution in [2.24, 2.45) is 0 Å². The van der Waals surface area contributed by atoms with Crippen molar-refractivity contribution in [3.05, 3.63) is 100 Å². The van der Waals surface area contributed by atoms with Gasteiger partial charge < -0.3 is 14.8 Å². The predicted octanol–water partition coefficient (Wildman–Crippen LogP) is 5.27. The monoisotopic (exact) mass is 472 g/mol. The first-order valence-corrected chi connectivity index (χ1v) is 10.7. The lowest BCUT2D eigenvalue weighted by Gasteiger charge is -2.07. The largest absolute Gasteiger partial charge is 0.507 e. The van der Waals surface area contributed by atoms with Gasteiger partial charge in [-0.2, -0.15) is 5.26 Å². The number of hydrogen-bond donors (Lipinski definition) is 2. The third kappa shape index (κ3) is 4.90. The fourth-order valence-corrected chi connectivity index (χ4v) is 4.02. The van der Waals surface area contributed by atoms with Gasteiger partial charge in [0.25, 0.3) is 5.69 Å². The molecule has 168 valence electrons. The molecule has 0 aliphatic rings. The van der Waals surface area contributed by atoms with Gasteiger partial charge in [-0.05, 0) is 36.4 Å². The molecular weight excluding hydrogens is 456 g/mol. The van der Waals surface area contributed by atoms with Crippen molar-refractivity contribution in [1.29, 1.82) is 5.26 Å².